The standard InChI is InChI=1S/C15H21N3O2/c1-20-14-5-4-10(9-11(14)16)15(19)17-12-6-8-18-7-2-3-13(12)18/h4-5,9,12-13H,2-3,6-8,16H2,1H3,(H,17,19). The largest absolute Gasteiger partial charge is 0.495 e. The number of anilines is 1. The molecule has 2 unspecified atom stereocenters. The number of nitrogen functional groups attached to an aromatic ring is 1. The Kier molecular flexibility index (Phi) is 3.53. The summed E-state index contributed by atoms with van der Waals surface area (Å²) >= 11 is 0. The van der Waals surface area contributed by atoms with E-state index in [4.69, 9.17) is 10.5 Å². The van der Waals surface area contributed by atoms with Crippen LogP contribution in [0.4, 0.5) is 5.69 Å². The lowest BCUT2D eigenvalue weighted by Crippen LogP contribution is -2.42. The lowest BCUT2D eigenvalue weighted by Gasteiger charge is -2.21. The summed E-state index contributed by atoms with van der Waals surface area (Å²) in [4.78, 5) is 14.8. The van der Waals surface area contributed by atoms with Crippen molar-refractivity contribution >= 4 is 11.6 Å². The minimum absolute atomic E-state index is 0.0434. The van der Waals surface area contributed by atoms with E-state index in [9.17, 15) is 4.79 Å². The van der Waals surface area contributed by atoms with Gasteiger partial charge in [0, 0.05) is 24.2 Å². The van der Waals surface area contributed by atoms with Gasteiger partial charge in [0.1, 0.15) is 5.75 Å². The van der Waals surface area contributed by atoms with Gasteiger partial charge in [0.15, 0.2) is 0 Å². The normalized spacial score (nSPS) is 25.4. The van der Waals surface area contributed by atoms with Crippen LogP contribution in [0.15, 0.2) is 18.2 Å². The third kappa shape index (κ3) is 2.33. The summed E-state index contributed by atoms with van der Waals surface area (Å²) in [5.41, 5.74) is 6.94. The molecule has 0 saturated carbocycles. The quantitative estimate of drug-likeness (QED) is 0.815. The fourth-order valence-corrected chi connectivity index (χ4v) is 3.38. The van der Waals surface area contributed by atoms with Crippen LogP contribution in [0.3, 0.4) is 0 Å². The number of ether oxygens (including phenoxy) is 1. The van der Waals surface area contributed by atoms with E-state index in [1.54, 1.807) is 25.3 Å². The number of hydrogen-bond acceptors (Lipinski definition) is 4. The minimum Gasteiger partial charge on any atom is -0.495 e. The number of methoxy groups -OCH3 is 1. The molecule has 20 heavy (non-hydrogen) atoms. The van der Waals surface area contributed by atoms with Crippen molar-refractivity contribution in [2.45, 2.75) is 31.3 Å². The second-order valence-corrected chi connectivity index (χ2v) is 5.57. The van der Waals surface area contributed by atoms with E-state index in [1.807, 2.05) is 0 Å². The van der Waals surface area contributed by atoms with Crippen molar-refractivity contribution < 1.29 is 9.53 Å². The molecule has 1 aromatic rings. The fourth-order valence-electron chi connectivity index (χ4n) is 3.38. The fraction of sp³-hybridized carbons (Fsp3) is 0.533. The third-order valence-corrected chi connectivity index (χ3v) is 4.41. The number of rotatable bonds is 3. The Morgan fingerprint density at radius 3 is 3.00 bits per heavy atom. The number of nitrogens with one attached hydrogen (secondary N) is 1. The summed E-state index contributed by atoms with van der Waals surface area (Å²) in [5, 5.41) is 3.15. The van der Waals surface area contributed by atoms with Gasteiger partial charge < -0.3 is 15.8 Å². The van der Waals surface area contributed by atoms with E-state index < -0.39 is 0 Å². The maximum Gasteiger partial charge on any atom is 0.251 e. The molecule has 0 bridgehead atoms. The van der Waals surface area contributed by atoms with Crippen LogP contribution in [0.2, 0.25) is 0 Å². The zero-order chi connectivity index (χ0) is 14.1. The maximum atomic E-state index is 12.3. The molecule has 5 heteroatoms. The van der Waals surface area contributed by atoms with Gasteiger partial charge in [0.2, 0.25) is 0 Å². The predicted molar refractivity (Wildman–Crippen MR) is 77.9 cm³/mol. The van der Waals surface area contributed by atoms with Crippen LogP contribution in [0.1, 0.15) is 29.6 Å². The van der Waals surface area contributed by atoms with Gasteiger partial charge in [-0.25, -0.2) is 0 Å². The predicted octanol–water partition coefficient (Wildman–Crippen LogP) is 1.24. The molecule has 0 spiro atoms. The van der Waals surface area contributed by atoms with Crippen LogP contribution in [-0.4, -0.2) is 43.1 Å². The number of nitrogens with two attached hydrogens (primary N) is 1. The highest BCUT2D eigenvalue weighted by Crippen LogP contribution is 2.28. The Bertz CT molecular complexity index is 518. The van der Waals surface area contributed by atoms with Crippen molar-refractivity contribution in [2.75, 3.05) is 25.9 Å². The molecule has 3 rings (SSSR count). The lowest BCUT2D eigenvalue weighted by molar-refractivity contribution is 0.0929. The molecule has 1 amide bonds. The molecule has 5 nitrogen and oxygen atoms in total. The first kappa shape index (κ1) is 13.2. The van der Waals surface area contributed by atoms with Crippen LogP contribution in [0, 0.1) is 0 Å². The number of carbonyl (C=O) groups excluding carboxylic acids is 1. The molecule has 0 aliphatic carbocycles. The van der Waals surface area contributed by atoms with E-state index in [1.165, 1.54) is 19.4 Å². The Morgan fingerprint density at radius 1 is 1.40 bits per heavy atom. The summed E-state index contributed by atoms with van der Waals surface area (Å²) in [5.74, 6) is 0.558. The van der Waals surface area contributed by atoms with Crippen molar-refractivity contribution in [3.63, 3.8) is 0 Å². The first-order chi connectivity index (χ1) is 9.69. The number of hydrogen-bond donors (Lipinski definition) is 2. The highest BCUT2D eigenvalue weighted by atomic mass is 16.5. The van der Waals surface area contributed by atoms with Crippen LogP contribution in [-0.2, 0) is 0 Å². The van der Waals surface area contributed by atoms with E-state index in [0.29, 0.717) is 23.0 Å². The number of carbonyl (C=O) groups is 1. The molecule has 2 aliphatic rings. The van der Waals surface area contributed by atoms with Gasteiger partial charge in [-0.2, -0.15) is 0 Å². The summed E-state index contributed by atoms with van der Waals surface area (Å²) in [6, 6.07) is 5.96. The summed E-state index contributed by atoms with van der Waals surface area (Å²) < 4.78 is 5.11. The van der Waals surface area contributed by atoms with Crippen LogP contribution < -0.4 is 15.8 Å². The highest BCUT2D eigenvalue weighted by Gasteiger charge is 2.37. The molecule has 1 aromatic carbocycles. The Morgan fingerprint density at radius 2 is 2.25 bits per heavy atom. The topological polar surface area (TPSA) is 67.6 Å². The molecule has 2 atom stereocenters. The third-order valence-electron chi connectivity index (χ3n) is 4.41. The van der Waals surface area contributed by atoms with Gasteiger partial charge in [0.05, 0.1) is 12.8 Å². The first-order valence-electron chi connectivity index (χ1n) is 7.17. The number of fused-ring (bicyclic) bond motifs is 1. The molecule has 2 fully saturated rings. The number of nitrogens with zero attached hydrogens (tertiary/aromatic N) is 1. The zero-order valence-electron chi connectivity index (χ0n) is 11.8. The van der Waals surface area contributed by atoms with E-state index in [0.717, 1.165) is 13.0 Å². The van der Waals surface area contributed by atoms with Crippen LogP contribution in [0.5, 0.6) is 5.75 Å². The van der Waals surface area contributed by atoms with Gasteiger partial charge in [-0.3, -0.25) is 9.69 Å². The number of amides is 1. The van der Waals surface area contributed by atoms with Crippen molar-refractivity contribution in [1.29, 1.82) is 0 Å². The molecule has 2 aliphatic heterocycles. The van der Waals surface area contributed by atoms with Crippen molar-refractivity contribution in [2.24, 2.45) is 0 Å². The second kappa shape index (κ2) is 5.32. The summed E-state index contributed by atoms with van der Waals surface area (Å²) in [7, 11) is 1.57. The van der Waals surface area contributed by atoms with Gasteiger partial charge in [-0.05, 0) is 44.0 Å². The SMILES string of the molecule is COc1ccc(C(=O)NC2CCN3CCCC23)cc1N. The second-order valence-electron chi connectivity index (χ2n) is 5.57. The Balaban J connectivity index is 1.68. The average molecular weight is 275 g/mol. The first-order valence-corrected chi connectivity index (χ1v) is 7.17. The van der Waals surface area contributed by atoms with Gasteiger partial charge >= 0.3 is 0 Å². The molecule has 2 heterocycles. The van der Waals surface area contributed by atoms with Gasteiger partial charge in [-0.1, -0.05) is 0 Å². The molecule has 2 saturated heterocycles. The summed E-state index contributed by atoms with van der Waals surface area (Å²) in [6.07, 6.45) is 3.48. The lowest BCUT2D eigenvalue weighted by atomic mass is 10.1. The molecular weight excluding hydrogens is 254 g/mol. The van der Waals surface area contributed by atoms with E-state index in [2.05, 4.69) is 10.2 Å². The van der Waals surface area contributed by atoms with Crippen LogP contribution in [0.25, 0.3) is 0 Å². The van der Waals surface area contributed by atoms with Crippen LogP contribution >= 0.6 is 0 Å². The zero-order valence-corrected chi connectivity index (χ0v) is 11.8. The molecule has 0 aromatic heterocycles. The minimum atomic E-state index is -0.0434. The van der Waals surface area contributed by atoms with Gasteiger partial charge in [-0.15, -0.1) is 0 Å². The molecule has 0 radical (unpaired) electrons. The molecular formula is C15H21N3O2. The smallest absolute Gasteiger partial charge is 0.251 e. The highest BCUT2D eigenvalue weighted by molar-refractivity contribution is 5.95. The number of benzene rings is 1. The van der Waals surface area contributed by atoms with Gasteiger partial charge in [0.25, 0.3) is 5.91 Å². The average Bonchev–Trinajstić information content (AvgIpc) is 3.03. The van der Waals surface area contributed by atoms with Crippen molar-refractivity contribution in [3.8, 4) is 5.75 Å². The Labute approximate surface area is 119 Å². The summed E-state index contributed by atoms with van der Waals surface area (Å²) in [6.45, 7) is 2.27. The van der Waals surface area contributed by atoms with Crippen molar-refractivity contribution in [3.05, 3.63) is 23.8 Å². The maximum absolute atomic E-state index is 12.3. The van der Waals surface area contributed by atoms with Crippen molar-refractivity contribution in [1.82, 2.24) is 10.2 Å². The monoisotopic (exact) mass is 275 g/mol. The molecule has 108 valence electrons. The van der Waals surface area contributed by atoms with E-state index >= 15 is 0 Å². The Hall–Kier alpha value is -1.75. The molecule has 3 N–H and O–H groups in total. The van der Waals surface area contributed by atoms with E-state index in [-0.39, 0.29) is 11.9 Å².